The number of aromatic nitrogens is 4. The molecule has 4 rings (SSSR count). The van der Waals surface area contributed by atoms with Crippen molar-refractivity contribution in [1.29, 1.82) is 0 Å². The van der Waals surface area contributed by atoms with E-state index < -0.39 is 0 Å². The summed E-state index contributed by atoms with van der Waals surface area (Å²) in [5, 5.41) is 10.2. The van der Waals surface area contributed by atoms with Gasteiger partial charge in [-0.3, -0.25) is 14.4 Å². The van der Waals surface area contributed by atoms with Gasteiger partial charge in [-0.15, -0.1) is 0 Å². The Morgan fingerprint density at radius 2 is 1.94 bits per heavy atom. The monoisotopic (exact) mass is 434 g/mol. The number of para-hydroxylation sites is 1. The van der Waals surface area contributed by atoms with Gasteiger partial charge in [0.25, 0.3) is 11.5 Å². The molecule has 10 heteroatoms. The van der Waals surface area contributed by atoms with Gasteiger partial charge in [0.1, 0.15) is 5.39 Å². The second-order valence-electron chi connectivity index (χ2n) is 6.50. The second-order valence-corrected chi connectivity index (χ2v) is 7.46. The molecule has 156 valence electrons. The molecule has 9 nitrogen and oxygen atoms in total. The molecule has 2 heterocycles. The van der Waals surface area contributed by atoms with Crippen molar-refractivity contribution in [3.8, 4) is 5.69 Å². The van der Waals surface area contributed by atoms with E-state index in [-0.39, 0.29) is 23.1 Å². The predicted molar refractivity (Wildman–Crippen MR) is 119 cm³/mol. The van der Waals surface area contributed by atoms with Crippen LogP contribution in [0.5, 0.6) is 0 Å². The Balaban J connectivity index is 1.50. The highest BCUT2D eigenvalue weighted by Crippen LogP contribution is 2.18. The van der Waals surface area contributed by atoms with E-state index in [1.54, 1.807) is 36.0 Å². The molecule has 0 unspecified atom stereocenters. The first-order valence-electron chi connectivity index (χ1n) is 9.33. The van der Waals surface area contributed by atoms with E-state index in [4.69, 9.17) is 0 Å². The number of carbonyl (C=O) groups is 2. The zero-order valence-electron chi connectivity index (χ0n) is 16.5. The molecule has 0 aliphatic carbocycles. The minimum absolute atomic E-state index is 0.0259. The molecule has 0 bridgehead atoms. The van der Waals surface area contributed by atoms with Crippen molar-refractivity contribution in [2.24, 2.45) is 0 Å². The van der Waals surface area contributed by atoms with Crippen LogP contribution in [0.25, 0.3) is 16.7 Å². The van der Waals surface area contributed by atoms with Crippen molar-refractivity contribution in [2.75, 3.05) is 18.1 Å². The van der Waals surface area contributed by atoms with Gasteiger partial charge in [0.15, 0.2) is 10.8 Å². The van der Waals surface area contributed by atoms with E-state index in [0.717, 1.165) is 17.4 Å². The zero-order chi connectivity index (χ0) is 21.8. The first kappa shape index (κ1) is 20.4. The molecule has 0 atom stereocenters. The number of benzene rings is 2. The van der Waals surface area contributed by atoms with Crippen LogP contribution >= 0.6 is 11.8 Å². The molecule has 4 aromatic rings. The zero-order valence-corrected chi connectivity index (χ0v) is 17.3. The lowest BCUT2D eigenvalue weighted by Crippen LogP contribution is -2.19. The van der Waals surface area contributed by atoms with Crippen LogP contribution in [-0.4, -0.2) is 44.4 Å². The molecule has 31 heavy (non-hydrogen) atoms. The third-order valence-electron chi connectivity index (χ3n) is 4.39. The topological polar surface area (TPSA) is 122 Å². The normalized spacial score (nSPS) is 10.7. The van der Waals surface area contributed by atoms with Gasteiger partial charge < -0.3 is 15.6 Å². The largest absolute Gasteiger partial charge is 0.355 e. The number of amides is 2. The smallest absolute Gasteiger partial charge is 0.262 e. The van der Waals surface area contributed by atoms with E-state index in [0.29, 0.717) is 27.4 Å². The van der Waals surface area contributed by atoms with E-state index >= 15 is 0 Å². The highest BCUT2D eigenvalue weighted by Gasteiger charge is 2.13. The van der Waals surface area contributed by atoms with Crippen LogP contribution in [-0.2, 0) is 4.79 Å². The average Bonchev–Trinajstić information content (AvgIpc) is 3.22. The number of thioether (sulfide) groups is 1. The maximum Gasteiger partial charge on any atom is 0.262 e. The summed E-state index contributed by atoms with van der Waals surface area (Å²) in [4.78, 5) is 43.6. The van der Waals surface area contributed by atoms with Gasteiger partial charge in [-0.1, -0.05) is 36.0 Å². The summed E-state index contributed by atoms with van der Waals surface area (Å²) in [6.45, 7) is 0. The van der Waals surface area contributed by atoms with Gasteiger partial charge in [-0.05, 0) is 30.3 Å². The molecule has 0 saturated carbocycles. The predicted octanol–water partition coefficient (Wildman–Crippen LogP) is 2.20. The lowest BCUT2D eigenvalue weighted by Gasteiger charge is -2.07. The van der Waals surface area contributed by atoms with Crippen LogP contribution in [0.4, 0.5) is 5.69 Å². The summed E-state index contributed by atoms with van der Waals surface area (Å²) >= 11 is 1.10. The summed E-state index contributed by atoms with van der Waals surface area (Å²) < 4.78 is 1.58. The molecular formula is C21H18N6O3S. The molecule has 2 aromatic carbocycles. The highest BCUT2D eigenvalue weighted by atomic mass is 32.2. The second kappa shape index (κ2) is 8.84. The van der Waals surface area contributed by atoms with E-state index in [1.807, 2.05) is 30.3 Å². The quantitative estimate of drug-likeness (QED) is 0.316. The van der Waals surface area contributed by atoms with Crippen molar-refractivity contribution in [3.63, 3.8) is 0 Å². The standard InChI is InChI=1S/C21H18N6O3S/c1-22-19(29)13-6-5-7-14(10-13)24-17(28)12-31-21-25-18-16(20(30)26-21)11-23-27(18)15-8-3-2-4-9-15/h2-11H,12H2,1H3,(H,22,29)(H,24,28)(H,25,26,30). The van der Waals surface area contributed by atoms with Crippen LogP contribution in [0.15, 0.2) is 70.7 Å². The van der Waals surface area contributed by atoms with Crippen molar-refractivity contribution >= 4 is 40.3 Å². The van der Waals surface area contributed by atoms with Gasteiger partial charge in [0, 0.05) is 18.3 Å². The fourth-order valence-corrected chi connectivity index (χ4v) is 3.59. The van der Waals surface area contributed by atoms with Crippen LogP contribution in [0.1, 0.15) is 10.4 Å². The van der Waals surface area contributed by atoms with Gasteiger partial charge in [-0.25, -0.2) is 9.67 Å². The number of hydrogen-bond acceptors (Lipinski definition) is 6. The van der Waals surface area contributed by atoms with Crippen molar-refractivity contribution in [1.82, 2.24) is 25.1 Å². The van der Waals surface area contributed by atoms with Crippen molar-refractivity contribution < 1.29 is 9.59 Å². The Morgan fingerprint density at radius 1 is 1.13 bits per heavy atom. The molecule has 0 aliphatic heterocycles. The number of aromatic amines is 1. The SMILES string of the molecule is CNC(=O)c1cccc(NC(=O)CSc2nc3c(cnn3-c3ccccc3)c(=O)[nH]2)c1. The van der Waals surface area contributed by atoms with Crippen LogP contribution < -0.4 is 16.2 Å². The fraction of sp³-hybridized carbons (Fsp3) is 0.0952. The Labute approximate surface area is 180 Å². The minimum Gasteiger partial charge on any atom is -0.355 e. The first-order chi connectivity index (χ1) is 15.0. The third-order valence-corrected chi connectivity index (χ3v) is 5.27. The molecule has 0 saturated heterocycles. The van der Waals surface area contributed by atoms with Crippen molar-refractivity contribution in [3.05, 3.63) is 76.7 Å². The molecule has 0 fully saturated rings. The van der Waals surface area contributed by atoms with Crippen LogP contribution in [0, 0.1) is 0 Å². The third kappa shape index (κ3) is 4.48. The van der Waals surface area contributed by atoms with Gasteiger partial charge >= 0.3 is 0 Å². The number of anilines is 1. The van der Waals surface area contributed by atoms with Gasteiger partial charge in [0.2, 0.25) is 5.91 Å². The summed E-state index contributed by atoms with van der Waals surface area (Å²) in [5.74, 6) is -0.507. The van der Waals surface area contributed by atoms with Gasteiger partial charge in [-0.2, -0.15) is 5.10 Å². The maximum atomic E-state index is 12.4. The summed E-state index contributed by atoms with van der Waals surface area (Å²) in [6.07, 6.45) is 1.47. The number of nitrogens with one attached hydrogen (secondary N) is 3. The Kier molecular flexibility index (Phi) is 5.80. The molecule has 0 radical (unpaired) electrons. The minimum atomic E-state index is -0.326. The fourth-order valence-electron chi connectivity index (χ4n) is 2.94. The summed E-state index contributed by atoms with van der Waals surface area (Å²) in [7, 11) is 1.54. The number of rotatable bonds is 6. The average molecular weight is 434 g/mol. The number of hydrogen-bond donors (Lipinski definition) is 3. The molecule has 2 aromatic heterocycles. The molecule has 0 aliphatic rings. The summed E-state index contributed by atoms with van der Waals surface area (Å²) in [5.41, 5.74) is 1.81. The lowest BCUT2D eigenvalue weighted by molar-refractivity contribution is -0.113. The highest BCUT2D eigenvalue weighted by molar-refractivity contribution is 7.99. The number of nitrogens with zero attached hydrogens (tertiary/aromatic N) is 3. The van der Waals surface area contributed by atoms with Gasteiger partial charge in [0.05, 0.1) is 17.6 Å². The first-order valence-corrected chi connectivity index (χ1v) is 10.3. The van der Waals surface area contributed by atoms with E-state index in [9.17, 15) is 14.4 Å². The number of H-pyrrole nitrogens is 1. The summed E-state index contributed by atoms with van der Waals surface area (Å²) in [6, 6.07) is 16.0. The number of fused-ring (bicyclic) bond motifs is 1. The van der Waals surface area contributed by atoms with E-state index in [2.05, 4.69) is 25.7 Å². The van der Waals surface area contributed by atoms with Crippen LogP contribution in [0.3, 0.4) is 0 Å². The Morgan fingerprint density at radius 3 is 2.71 bits per heavy atom. The lowest BCUT2D eigenvalue weighted by atomic mass is 10.2. The number of carbonyl (C=O) groups excluding carboxylic acids is 2. The molecular weight excluding hydrogens is 416 g/mol. The van der Waals surface area contributed by atoms with Crippen molar-refractivity contribution in [2.45, 2.75) is 5.16 Å². The van der Waals surface area contributed by atoms with Crippen LogP contribution in [0.2, 0.25) is 0 Å². The molecule has 0 spiro atoms. The Bertz CT molecular complexity index is 1320. The maximum absolute atomic E-state index is 12.4. The molecule has 3 N–H and O–H groups in total. The molecule has 2 amide bonds. The Hall–Kier alpha value is -3.92. The van der Waals surface area contributed by atoms with E-state index in [1.165, 1.54) is 6.20 Å².